The van der Waals surface area contributed by atoms with E-state index < -0.39 is 12.0 Å². The fourth-order valence-electron chi connectivity index (χ4n) is 5.18. The Kier molecular flexibility index (Phi) is 6.68. The first-order valence-electron chi connectivity index (χ1n) is 12.3. The Hall–Kier alpha value is -3.42. The number of rotatable bonds is 5. The van der Waals surface area contributed by atoms with Crippen molar-refractivity contribution in [2.24, 2.45) is 4.99 Å². The predicted molar refractivity (Wildman–Crippen MR) is 149 cm³/mol. The quantitative estimate of drug-likeness (QED) is 0.327. The first kappa shape index (κ1) is 25.2. The maximum atomic E-state index is 14.0. The van der Waals surface area contributed by atoms with Crippen molar-refractivity contribution in [2.45, 2.75) is 46.7 Å². The first-order chi connectivity index (χ1) is 17.7. The molecule has 0 radical (unpaired) electrons. The third kappa shape index (κ3) is 4.16. The molecule has 0 fully saturated rings. The Morgan fingerprint density at radius 2 is 1.86 bits per heavy atom. The third-order valence-corrected chi connectivity index (χ3v) is 8.04. The molecule has 1 atom stereocenters. The van der Waals surface area contributed by atoms with Crippen molar-refractivity contribution >= 4 is 45.9 Å². The van der Waals surface area contributed by atoms with Gasteiger partial charge in [-0.3, -0.25) is 9.36 Å². The number of allylic oxidation sites excluding steroid dienone is 1. The van der Waals surface area contributed by atoms with Crippen molar-refractivity contribution in [3.05, 3.63) is 101 Å². The smallest absolute Gasteiger partial charge is 0.338 e. The summed E-state index contributed by atoms with van der Waals surface area (Å²) in [5, 5.41) is 1.56. The Morgan fingerprint density at radius 3 is 2.57 bits per heavy atom. The van der Waals surface area contributed by atoms with Crippen molar-refractivity contribution in [1.82, 2.24) is 9.13 Å². The second kappa shape index (κ2) is 9.80. The van der Waals surface area contributed by atoms with Gasteiger partial charge in [0.2, 0.25) is 0 Å². The number of halogens is 1. The number of esters is 1. The summed E-state index contributed by atoms with van der Waals surface area (Å²) in [7, 11) is 0. The Morgan fingerprint density at radius 1 is 1.16 bits per heavy atom. The molecule has 8 heteroatoms. The monoisotopic (exact) mass is 533 g/mol. The molecule has 0 unspecified atom stereocenters. The van der Waals surface area contributed by atoms with Crippen LogP contribution >= 0.6 is 22.9 Å². The molecule has 6 nitrogen and oxygen atoms in total. The number of para-hydroxylation sites is 1. The van der Waals surface area contributed by atoms with E-state index in [0.29, 0.717) is 31.2 Å². The van der Waals surface area contributed by atoms with E-state index in [1.54, 1.807) is 24.5 Å². The van der Waals surface area contributed by atoms with E-state index in [0.717, 1.165) is 22.2 Å². The zero-order valence-electron chi connectivity index (χ0n) is 21.4. The maximum absolute atomic E-state index is 14.0. The van der Waals surface area contributed by atoms with E-state index in [2.05, 4.69) is 42.5 Å². The number of ether oxygens (including phenoxy) is 1. The van der Waals surface area contributed by atoms with Gasteiger partial charge in [-0.1, -0.05) is 59.3 Å². The van der Waals surface area contributed by atoms with E-state index in [9.17, 15) is 9.59 Å². The van der Waals surface area contributed by atoms with Gasteiger partial charge in [0.05, 0.1) is 22.4 Å². The highest BCUT2D eigenvalue weighted by atomic mass is 35.5. The molecular weight excluding hydrogens is 506 g/mol. The maximum Gasteiger partial charge on any atom is 0.338 e. The van der Waals surface area contributed by atoms with Crippen LogP contribution in [0.2, 0.25) is 5.02 Å². The summed E-state index contributed by atoms with van der Waals surface area (Å²) < 4.78 is 9.78. The van der Waals surface area contributed by atoms with E-state index in [1.807, 2.05) is 36.4 Å². The van der Waals surface area contributed by atoms with Gasteiger partial charge < -0.3 is 9.30 Å². The standard InChI is InChI=1S/C29H28ClN3O3S/c1-6-36-28(35)25-17(4)31-29-33(26(25)20-12-7-9-13-22(20)30)27(34)24(37-29)15-21-18(5)32(16(2)3)23-14-10-8-11-19(21)23/h7-16,26H,6H2,1-5H3/b24-15-/t26-/m1/s1. The minimum absolute atomic E-state index is 0.217. The van der Waals surface area contributed by atoms with Crippen LogP contribution in [0.5, 0.6) is 0 Å². The lowest BCUT2D eigenvalue weighted by Crippen LogP contribution is -2.40. The normalized spacial score (nSPS) is 15.9. The first-order valence-corrected chi connectivity index (χ1v) is 13.5. The second-order valence-corrected chi connectivity index (χ2v) is 10.7. The van der Waals surface area contributed by atoms with Crippen LogP contribution in [-0.2, 0) is 9.53 Å². The Labute approximate surface area is 223 Å². The number of fused-ring (bicyclic) bond motifs is 2. The van der Waals surface area contributed by atoms with Gasteiger partial charge in [0.15, 0.2) is 4.80 Å². The fraction of sp³-hybridized carbons (Fsp3) is 0.276. The molecule has 0 saturated carbocycles. The van der Waals surface area contributed by atoms with Gasteiger partial charge in [-0.25, -0.2) is 9.79 Å². The molecule has 0 amide bonds. The number of hydrogen-bond donors (Lipinski definition) is 0. The highest BCUT2D eigenvalue weighted by Gasteiger charge is 2.34. The molecule has 2 aromatic heterocycles. The minimum atomic E-state index is -0.732. The highest BCUT2D eigenvalue weighted by Crippen LogP contribution is 2.34. The zero-order chi connectivity index (χ0) is 26.4. The zero-order valence-corrected chi connectivity index (χ0v) is 23.0. The molecule has 190 valence electrons. The SMILES string of the molecule is CCOC(=O)C1=C(C)N=c2s/c(=C\c3c(C)n(C(C)C)c4ccccc34)c(=O)n2[C@@H]1c1ccccc1Cl. The molecule has 3 heterocycles. The van der Waals surface area contributed by atoms with Gasteiger partial charge in [-0.15, -0.1) is 0 Å². The summed E-state index contributed by atoms with van der Waals surface area (Å²) >= 11 is 7.91. The van der Waals surface area contributed by atoms with Crippen LogP contribution in [-0.4, -0.2) is 21.7 Å². The van der Waals surface area contributed by atoms with Crippen LogP contribution in [0.4, 0.5) is 0 Å². The number of thiazole rings is 1. The van der Waals surface area contributed by atoms with E-state index in [1.165, 1.54) is 11.3 Å². The molecule has 5 rings (SSSR count). The van der Waals surface area contributed by atoms with Crippen molar-refractivity contribution in [3.63, 3.8) is 0 Å². The summed E-state index contributed by atoms with van der Waals surface area (Å²) in [5.74, 6) is -0.501. The van der Waals surface area contributed by atoms with Crippen LogP contribution in [0.3, 0.4) is 0 Å². The van der Waals surface area contributed by atoms with Crippen LogP contribution in [0, 0.1) is 6.92 Å². The van der Waals surface area contributed by atoms with Crippen molar-refractivity contribution in [3.8, 4) is 0 Å². The molecule has 0 N–H and O–H groups in total. The summed E-state index contributed by atoms with van der Waals surface area (Å²) in [6.45, 7) is 10.1. The van der Waals surface area contributed by atoms with Crippen molar-refractivity contribution in [2.75, 3.05) is 6.61 Å². The Bertz CT molecular complexity index is 1760. The van der Waals surface area contributed by atoms with Gasteiger partial charge in [0.25, 0.3) is 5.56 Å². The molecule has 4 aromatic rings. The molecule has 2 aromatic carbocycles. The number of aromatic nitrogens is 2. The lowest BCUT2D eigenvalue weighted by molar-refractivity contribution is -0.139. The van der Waals surface area contributed by atoms with Gasteiger partial charge in [-0.2, -0.15) is 0 Å². The molecule has 1 aliphatic rings. The van der Waals surface area contributed by atoms with Crippen molar-refractivity contribution < 1.29 is 9.53 Å². The van der Waals surface area contributed by atoms with Crippen LogP contribution < -0.4 is 14.9 Å². The molecule has 0 spiro atoms. The lowest BCUT2D eigenvalue weighted by Gasteiger charge is -2.25. The topological polar surface area (TPSA) is 65.6 Å². The van der Waals surface area contributed by atoms with Crippen molar-refractivity contribution in [1.29, 1.82) is 0 Å². The number of benzene rings is 2. The van der Waals surface area contributed by atoms with Gasteiger partial charge >= 0.3 is 5.97 Å². The molecule has 0 aliphatic carbocycles. The van der Waals surface area contributed by atoms with Crippen LogP contribution in [0.25, 0.3) is 17.0 Å². The van der Waals surface area contributed by atoms with E-state index in [4.69, 9.17) is 16.3 Å². The average Bonchev–Trinajstić information content (AvgIpc) is 3.32. The van der Waals surface area contributed by atoms with Gasteiger partial charge in [-0.05, 0) is 58.4 Å². The molecule has 37 heavy (non-hydrogen) atoms. The largest absolute Gasteiger partial charge is 0.463 e. The highest BCUT2D eigenvalue weighted by molar-refractivity contribution is 7.07. The number of carbonyl (C=O) groups is 1. The van der Waals surface area contributed by atoms with Gasteiger partial charge in [0, 0.05) is 33.2 Å². The molecule has 1 aliphatic heterocycles. The van der Waals surface area contributed by atoms with E-state index in [-0.39, 0.29) is 18.2 Å². The third-order valence-electron chi connectivity index (χ3n) is 6.71. The molecule has 0 bridgehead atoms. The second-order valence-electron chi connectivity index (χ2n) is 9.30. The fourth-order valence-corrected chi connectivity index (χ4v) is 6.45. The number of nitrogens with zero attached hydrogens (tertiary/aromatic N) is 3. The van der Waals surface area contributed by atoms with E-state index >= 15 is 0 Å². The summed E-state index contributed by atoms with van der Waals surface area (Å²) in [6, 6.07) is 15.0. The number of hydrogen-bond acceptors (Lipinski definition) is 5. The minimum Gasteiger partial charge on any atom is -0.463 e. The summed E-state index contributed by atoms with van der Waals surface area (Å²) in [4.78, 5) is 32.3. The summed E-state index contributed by atoms with van der Waals surface area (Å²) in [6.07, 6.45) is 1.95. The van der Waals surface area contributed by atoms with Gasteiger partial charge in [0.1, 0.15) is 6.04 Å². The van der Waals surface area contributed by atoms with Crippen LogP contribution in [0.15, 0.2) is 69.6 Å². The molecular formula is C29H28ClN3O3S. The summed E-state index contributed by atoms with van der Waals surface area (Å²) in [5.41, 5.74) is 4.50. The van der Waals surface area contributed by atoms with Crippen LogP contribution in [0.1, 0.15) is 56.6 Å². The number of carbonyl (C=O) groups excluding carboxylic acids is 1. The lowest BCUT2D eigenvalue weighted by atomic mass is 9.96. The predicted octanol–water partition coefficient (Wildman–Crippen LogP) is 5.30. The average molecular weight is 534 g/mol. The Balaban J connectivity index is 1.80. The molecule has 0 saturated heterocycles.